The van der Waals surface area contributed by atoms with Crippen molar-refractivity contribution < 1.29 is 0 Å². The van der Waals surface area contributed by atoms with E-state index < -0.39 is 0 Å². The summed E-state index contributed by atoms with van der Waals surface area (Å²) in [5.41, 5.74) is 22.7. The van der Waals surface area contributed by atoms with E-state index in [9.17, 15) is 0 Å². The average molecular weight is 979 g/mol. The van der Waals surface area contributed by atoms with E-state index in [0.29, 0.717) is 0 Å². The van der Waals surface area contributed by atoms with E-state index in [-0.39, 0.29) is 0 Å². The molecule has 0 heterocycles. The average Bonchev–Trinajstić information content (AvgIpc) is 4.34. The molecule has 16 aromatic rings. The molecular weight excluding hydrogens is 937 g/mol. The zero-order chi connectivity index (χ0) is 50.5. The molecule has 16 aromatic carbocycles. The van der Waals surface area contributed by atoms with Gasteiger partial charge in [0.15, 0.2) is 0 Å². The fourth-order valence-corrected chi connectivity index (χ4v) is 14.9. The molecule has 0 bridgehead atoms. The molecule has 0 spiro atoms. The first-order chi connectivity index (χ1) is 38.6. The summed E-state index contributed by atoms with van der Waals surface area (Å²) in [5.74, 6) is 0. The Hall–Kier alpha value is -10.1. The molecule has 0 heteroatoms. The third kappa shape index (κ3) is 5.38. The molecule has 0 aliphatic heterocycles. The van der Waals surface area contributed by atoms with Gasteiger partial charge in [-0.1, -0.05) is 237 Å². The molecule has 78 heavy (non-hydrogen) atoms. The summed E-state index contributed by atoms with van der Waals surface area (Å²) in [4.78, 5) is 0. The van der Waals surface area contributed by atoms with Crippen LogP contribution >= 0.6 is 0 Å². The van der Waals surface area contributed by atoms with Gasteiger partial charge in [-0.3, -0.25) is 0 Å². The van der Waals surface area contributed by atoms with Gasteiger partial charge in [0.1, 0.15) is 0 Å². The van der Waals surface area contributed by atoms with E-state index >= 15 is 0 Å². The molecule has 354 valence electrons. The molecular formula is C78H42. The molecule has 0 aromatic heterocycles. The Labute approximate surface area is 449 Å². The maximum absolute atomic E-state index is 2.39. The highest BCUT2D eigenvalue weighted by Crippen LogP contribution is 2.53. The Kier molecular flexibility index (Phi) is 7.82. The van der Waals surface area contributed by atoms with Crippen molar-refractivity contribution in [2.24, 2.45) is 0 Å². The van der Waals surface area contributed by atoms with Crippen molar-refractivity contribution in [2.75, 3.05) is 0 Å². The van der Waals surface area contributed by atoms with E-state index in [0.717, 1.165) is 0 Å². The highest BCUT2D eigenvalue weighted by atomic mass is 14.3. The van der Waals surface area contributed by atoms with Crippen LogP contribution in [0.3, 0.4) is 0 Å². The van der Waals surface area contributed by atoms with Crippen LogP contribution in [-0.2, 0) is 0 Å². The molecule has 0 amide bonds. The topological polar surface area (TPSA) is 0 Å². The molecule has 0 N–H and O–H groups in total. The first kappa shape index (κ1) is 41.1. The van der Waals surface area contributed by atoms with Gasteiger partial charge < -0.3 is 0 Å². The van der Waals surface area contributed by atoms with Crippen molar-refractivity contribution in [3.8, 4) is 100 Å². The van der Waals surface area contributed by atoms with Gasteiger partial charge in [-0.25, -0.2) is 0 Å². The van der Waals surface area contributed by atoms with Crippen LogP contribution in [0.25, 0.3) is 197 Å². The van der Waals surface area contributed by atoms with Crippen LogP contribution in [-0.4, -0.2) is 0 Å². The maximum Gasteiger partial charge on any atom is -0.00139 e. The predicted molar refractivity (Wildman–Crippen MR) is 334 cm³/mol. The molecule has 0 fully saturated rings. The van der Waals surface area contributed by atoms with Crippen molar-refractivity contribution in [3.05, 3.63) is 255 Å². The van der Waals surface area contributed by atoms with Gasteiger partial charge in [0.25, 0.3) is 0 Å². The first-order valence-electron chi connectivity index (χ1n) is 27.4. The lowest BCUT2D eigenvalue weighted by Crippen LogP contribution is -1.89. The van der Waals surface area contributed by atoms with Crippen molar-refractivity contribution >= 4 is 97.0 Å². The van der Waals surface area contributed by atoms with E-state index in [1.807, 2.05) is 0 Å². The Morgan fingerprint density at radius 1 is 0.128 bits per heavy atom. The predicted octanol–water partition coefficient (Wildman–Crippen LogP) is 22.0. The van der Waals surface area contributed by atoms with E-state index in [1.54, 1.807) is 0 Å². The largest absolute Gasteiger partial charge is 0.0610 e. The van der Waals surface area contributed by atoms with Crippen LogP contribution in [0.4, 0.5) is 0 Å². The summed E-state index contributed by atoms with van der Waals surface area (Å²) in [6.07, 6.45) is 0. The highest BCUT2D eigenvalue weighted by Gasteiger charge is 2.25. The lowest BCUT2D eigenvalue weighted by Gasteiger charge is -2.15. The van der Waals surface area contributed by atoms with E-state index in [4.69, 9.17) is 0 Å². The maximum atomic E-state index is 2.39. The molecule has 0 saturated carbocycles. The Morgan fingerprint density at radius 2 is 0.359 bits per heavy atom. The molecule has 0 radical (unpaired) electrons. The zero-order valence-corrected chi connectivity index (χ0v) is 42.2. The Balaban J connectivity index is 0.728. The summed E-state index contributed by atoms with van der Waals surface area (Å²) in [7, 11) is 0. The van der Waals surface area contributed by atoms with Gasteiger partial charge in [-0.2, -0.15) is 0 Å². The minimum Gasteiger partial charge on any atom is -0.0610 e. The van der Waals surface area contributed by atoms with Gasteiger partial charge in [0.2, 0.25) is 0 Å². The van der Waals surface area contributed by atoms with Crippen LogP contribution in [0, 0.1) is 0 Å². The van der Waals surface area contributed by atoms with Crippen molar-refractivity contribution in [1.82, 2.24) is 0 Å². The van der Waals surface area contributed by atoms with Crippen LogP contribution in [0.1, 0.15) is 0 Å². The normalized spacial score (nSPS) is 12.6. The first-order valence-corrected chi connectivity index (χ1v) is 27.4. The fourth-order valence-electron chi connectivity index (χ4n) is 14.9. The minimum atomic E-state index is 1.19. The number of fused-ring (bicyclic) bond motifs is 3. The zero-order valence-electron chi connectivity index (χ0n) is 42.2. The van der Waals surface area contributed by atoms with Gasteiger partial charge in [-0.15, -0.1) is 0 Å². The molecule has 0 atom stereocenters. The third-order valence-corrected chi connectivity index (χ3v) is 18.4. The van der Waals surface area contributed by atoms with Crippen LogP contribution in [0.15, 0.2) is 255 Å². The SMILES string of the molecule is c1cc2c3c(c1)ccc1ccc4c(-c5ccc(-c6cc(-c7ccc(-c8ccc9c%10c8ccc8ccc%11cccc-9c%11c8%10)cc7)cc(-c7ccc(-c8ccc9c%10c8ccc8ccc%11cccc-9c%11c8%10)cc7)c6)cc5)ccc-2c4c13. The monoisotopic (exact) mass is 978 g/mol. The lowest BCUT2D eigenvalue weighted by atomic mass is 9.89. The minimum absolute atomic E-state index is 1.19. The molecule has 0 unspecified atom stereocenters. The number of hydrogen-bond donors (Lipinski definition) is 0. The second-order valence-electron chi connectivity index (χ2n) is 22.2. The molecule has 19 rings (SSSR count). The molecule has 3 aliphatic rings. The quantitative estimate of drug-likeness (QED) is 0.146. The Morgan fingerprint density at radius 3 is 0.654 bits per heavy atom. The van der Waals surface area contributed by atoms with Crippen LogP contribution in [0.2, 0.25) is 0 Å². The Bertz CT molecular complexity index is 4890. The summed E-state index contributed by atoms with van der Waals surface area (Å²) in [5, 5.41) is 24.3. The highest BCUT2D eigenvalue weighted by molar-refractivity contribution is 6.37. The summed E-state index contributed by atoms with van der Waals surface area (Å²) >= 11 is 0. The number of benzene rings is 16. The standard InChI is InChI=1S/C78H42/c1-4-49-22-25-52-28-31-64-58(34-37-67-61(7-1)70(49)73(52)76(64)67)46-16-10-43(11-17-46)55-40-56(44-12-18-47(19-13-44)59-35-38-68-62-8-2-5-50-23-26-53-29-32-65(59)77(68)74(53)71(50)62)42-57(41-55)45-14-20-48(21-15-45)60-36-39-69-63-9-3-6-51-24-27-54-30-33-66(60)78(69)75(54)72(51)63/h1-42H. The lowest BCUT2D eigenvalue weighted by molar-refractivity contribution is 1.56. The number of rotatable bonds is 6. The van der Waals surface area contributed by atoms with Gasteiger partial charge in [0.05, 0.1) is 0 Å². The molecule has 0 saturated heterocycles. The smallest absolute Gasteiger partial charge is 0.00139 e. The van der Waals surface area contributed by atoms with Gasteiger partial charge in [0, 0.05) is 0 Å². The van der Waals surface area contributed by atoms with Crippen LogP contribution < -0.4 is 0 Å². The number of hydrogen-bond acceptors (Lipinski definition) is 0. The molecule has 3 aliphatic carbocycles. The van der Waals surface area contributed by atoms with Crippen LogP contribution in [0.5, 0.6) is 0 Å². The molecule has 0 nitrogen and oxygen atoms in total. The second kappa shape index (κ2) is 14.8. The fraction of sp³-hybridized carbons (Fsp3) is 0. The van der Waals surface area contributed by atoms with Gasteiger partial charge >= 0.3 is 0 Å². The summed E-state index contributed by atoms with van der Waals surface area (Å²) in [6, 6.07) is 97.0. The summed E-state index contributed by atoms with van der Waals surface area (Å²) < 4.78 is 0. The third-order valence-electron chi connectivity index (χ3n) is 18.4. The van der Waals surface area contributed by atoms with Crippen molar-refractivity contribution in [2.45, 2.75) is 0 Å². The van der Waals surface area contributed by atoms with Crippen molar-refractivity contribution in [1.29, 1.82) is 0 Å². The van der Waals surface area contributed by atoms with Crippen molar-refractivity contribution in [3.63, 3.8) is 0 Å². The van der Waals surface area contributed by atoms with E-state index in [1.165, 1.54) is 197 Å². The van der Waals surface area contributed by atoms with Gasteiger partial charge in [-0.05, 0) is 215 Å². The van der Waals surface area contributed by atoms with E-state index in [2.05, 4.69) is 255 Å². The summed E-state index contributed by atoms with van der Waals surface area (Å²) in [6.45, 7) is 0. The second-order valence-corrected chi connectivity index (χ2v) is 22.2.